The van der Waals surface area contributed by atoms with Crippen LogP contribution in [-0.2, 0) is 17.8 Å². The number of aromatic nitrogens is 1. The summed E-state index contributed by atoms with van der Waals surface area (Å²) in [6.45, 7) is 0.589. The highest BCUT2D eigenvalue weighted by molar-refractivity contribution is 6.35. The van der Waals surface area contributed by atoms with Gasteiger partial charge in [-0.2, -0.15) is 0 Å². The number of allylic oxidation sites excluding steroid dienone is 1. The molecule has 0 saturated carbocycles. The second-order valence-electron chi connectivity index (χ2n) is 7.62. The highest BCUT2D eigenvalue weighted by Gasteiger charge is 2.14. The molecule has 1 aromatic heterocycles. The number of halogens is 2. The van der Waals surface area contributed by atoms with E-state index in [1.807, 2.05) is 77.4 Å². The largest absolute Gasteiger partial charge is 0.497 e. The van der Waals surface area contributed by atoms with E-state index in [1.54, 1.807) is 7.11 Å². The number of hydrogen-bond donors (Lipinski definition) is 0. The summed E-state index contributed by atoms with van der Waals surface area (Å²) in [6.07, 6.45) is 4.31. The monoisotopic (exact) mass is 477 g/mol. The Balaban J connectivity index is 0.000000183. The summed E-state index contributed by atoms with van der Waals surface area (Å²) in [5, 5.41) is 2.37. The maximum absolute atomic E-state index is 11.3. The normalized spacial score (nSPS) is 11.9. The van der Waals surface area contributed by atoms with Crippen molar-refractivity contribution in [1.29, 1.82) is 0 Å². The van der Waals surface area contributed by atoms with Crippen molar-refractivity contribution in [1.82, 2.24) is 4.57 Å². The van der Waals surface area contributed by atoms with E-state index < -0.39 is 0 Å². The molecule has 0 unspecified atom stereocenters. The van der Waals surface area contributed by atoms with E-state index in [-0.39, 0.29) is 0 Å². The molecule has 3 aromatic carbocycles. The van der Waals surface area contributed by atoms with Crippen molar-refractivity contribution in [2.75, 3.05) is 7.11 Å². The average molecular weight is 478 g/mol. The second kappa shape index (κ2) is 10.1. The zero-order valence-corrected chi connectivity index (χ0v) is 19.4. The van der Waals surface area contributed by atoms with Crippen LogP contribution in [0, 0.1) is 0 Å². The minimum Gasteiger partial charge on any atom is -0.497 e. The van der Waals surface area contributed by atoms with Crippen LogP contribution >= 0.6 is 23.2 Å². The van der Waals surface area contributed by atoms with Crippen molar-refractivity contribution in [3.8, 4) is 5.75 Å². The van der Waals surface area contributed by atoms with Crippen molar-refractivity contribution in [2.45, 2.75) is 13.0 Å². The molecule has 1 heterocycles. The molecule has 4 nitrogen and oxygen atoms in total. The Bertz CT molecular complexity index is 1350. The Kier molecular flexibility index (Phi) is 6.97. The van der Waals surface area contributed by atoms with Crippen LogP contribution in [-0.4, -0.2) is 24.2 Å². The van der Waals surface area contributed by atoms with Gasteiger partial charge in [-0.1, -0.05) is 59.6 Å². The van der Waals surface area contributed by atoms with Crippen molar-refractivity contribution >= 4 is 52.8 Å². The third-order valence-corrected chi connectivity index (χ3v) is 6.21. The smallest absolute Gasteiger partial charge is 0.166 e. The van der Waals surface area contributed by atoms with E-state index in [4.69, 9.17) is 27.9 Å². The lowest BCUT2D eigenvalue weighted by molar-refractivity contribution is -0.104. The second-order valence-corrected chi connectivity index (χ2v) is 8.43. The summed E-state index contributed by atoms with van der Waals surface area (Å²) in [7, 11) is 1.64. The number of carbonyl (C=O) groups is 2. The van der Waals surface area contributed by atoms with E-state index in [9.17, 15) is 9.59 Å². The molecule has 0 fully saturated rings. The van der Waals surface area contributed by atoms with Crippen LogP contribution in [0.5, 0.6) is 5.75 Å². The maximum atomic E-state index is 11.3. The molecular formula is C27H21Cl2NO3. The molecule has 1 aliphatic carbocycles. The van der Waals surface area contributed by atoms with Crippen molar-refractivity contribution < 1.29 is 14.3 Å². The van der Waals surface area contributed by atoms with E-state index in [0.29, 0.717) is 23.7 Å². The van der Waals surface area contributed by atoms with Crippen LogP contribution in [0.1, 0.15) is 27.2 Å². The van der Waals surface area contributed by atoms with Crippen LogP contribution in [0.3, 0.4) is 0 Å². The van der Waals surface area contributed by atoms with Gasteiger partial charge in [0.1, 0.15) is 12.0 Å². The first-order valence-electron chi connectivity index (χ1n) is 10.3. The van der Waals surface area contributed by atoms with Crippen LogP contribution in [0.2, 0.25) is 10.0 Å². The van der Waals surface area contributed by atoms with Gasteiger partial charge in [-0.15, -0.1) is 0 Å². The number of fused-ring (bicyclic) bond motifs is 2. The third kappa shape index (κ3) is 4.87. The summed E-state index contributed by atoms with van der Waals surface area (Å²) in [4.78, 5) is 21.8. The number of ether oxygens (including phenoxy) is 1. The van der Waals surface area contributed by atoms with Gasteiger partial charge >= 0.3 is 0 Å². The summed E-state index contributed by atoms with van der Waals surface area (Å²) in [6, 6.07) is 21.0. The number of carbonyl (C=O) groups excluding carboxylic acids is 2. The molecule has 0 aliphatic heterocycles. The van der Waals surface area contributed by atoms with Crippen molar-refractivity contribution in [3.05, 3.63) is 105 Å². The Morgan fingerprint density at radius 2 is 1.67 bits per heavy atom. The van der Waals surface area contributed by atoms with Gasteiger partial charge in [0.2, 0.25) is 0 Å². The molecule has 0 bridgehead atoms. The van der Waals surface area contributed by atoms with Gasteiger partial charge in [0.25, 0.3) is 0 Å². The lowest BCUT2D eigenvalue weighted by atomic mass is 10.1. The molecule has 5 rings (SSSR count). The molecule has 0 radical (unpaired) electrons. The molecular weight excluding hydrogens is 457 g/mol. The number of hydrogen-bond acceptors (Lipinski definition) is 3. The predicted octanol–water partition coefficient (Wildman–Crippen LogP) is 6.64. The molecule has 166 valence electrons. The van der Waals surface area contributed by atoms with Crippen LogP contribution in [0.25, 0.3) is 17.0 Å². The average Bonchev–Trinajstić information content (AvgIpc) is 3.43. The fourth-order valence-electron chi connectivity index (χ4n) is 3.91. The summed E-state index contributed by atoms with van der Waals surface area (Å²) in [5.74, 6) is 0.810. The number of nitrogens with zero attached hydrogens (tertiary/aromatic N) is 1. The Hall–Kier alpha value is -3.34. The summed E-state index contributed by atoms with van der Waals surface area (Å²) in [5.41, 5.74) is 5.53. The quantitative estimate of drug-likeness (QED) is 0.302. The van der Waals surface area contributed by atoms with Crippen molar-refractivity contribution in [2.24, 2.45) is 0 Å². The van der Waals surface area contributed by atoms with Gasteiger partial charge in [0.05, 0.1) is 23.3 Å². The molecule has 1 aliphatic rings. The van der Waals surface area contributed by atoms with Crippen LogP contribution < -0.4 is 4.74 Å². The topological polar surface area (TPSA) is 48.3 Å². The standard InChI is InChI=1S/C17H14ClNO2.C10H7ClO/c1-21-15-7-5-12(6-8-15)10-19-14(11-20)9-13-3-2-4-16(18)17(13)19;11-10-3-1-2-8-4-7(6-12)5-9(8)10/h2-9,11H,10H2,1H3;1-4,6H,5H2. The number of benzene rings is 3. The van der Waals surface area contributed by atoms with Crippen molar-refractivity contribution in [3.63, 3.8) is 0 Å². The Morgan fingerprint density at radius 3 is 2.33 bits per heavy atom. The highest BCUT2D eigenvalue weighted by atomic mass is 35.5. The molecule has 0 N–H and O–H groups in total. The number of rotatable bonds is 5. The number of para-hydroxylation sites is 1. The first kappa shape index (κ1) is 22.8. The van der Waals surface area contributed by atoms with Crippen LogP contribution in [0.4, 0.5) is 0 Å². The number of aldehydes is 2. The molecule has 33 heavy (non-hydrogen) atoms. The van der Waals surface area contributed by atoms with E-state index in [0.717, 1.165) is 56.5 Å². The first-order valence-corrected chi connectivity index (χ1v) is 11.1. The predicted molar refractivity (Wildman–Crippen MR) is 134 cm³/mol. The van der Waals surface area contributed by atoms with Gasteiger partial charge in [-0.3, -0.25) is 9.59 Å². The van der Waals surface area contributed by atoms with Gasteiger partial charge in [0.15, 0.2) is 6.29 Å². The molecule has 4 aromatic rings. The zero-order chi connectivity index (χ0) is 23.4. The summed E-state index contributed by atoms with van der Waals surface area (Å²) < 4.78 is 7.09. The van der Waals surface area contributed by atoms with Gasteiger partial charge in [-0.25, -0.2) is 0 Å². The molecule has 0 atom stereocenters. The lowest BCUT2D eigenvalue weighted by Crippen LogP contribution is -2.03. The van der Waals surface area contributed by atoms with Gasteiger partial charge in [0, 0.05) is 23.4 Å². The van der Waals surface area contributed by atoms with Gasteiger partial charge < -0.3 is 9.30 Å². The maximum Gasteiger partial charge on any atom is 0.166 e. The van der Waals surface area contributed by atoms with Crippen LogP contribution in [0.15, 0.2) is 72.3 Å². The molecule has 6 heteroatoms. The van der Waals surface area contributed by atoms with E-state index in [2.05, 4.69) is 0 Å². The first-order chi connectivity index (χ1) is 16.0. The Morgan fingerprint density at radius 1 is 0.939 bits per heavy atom. The Labute approximate surface area is 202 Å². The molecule has 0 saturated heterocycles. The van der Waals surface area contributed by atoms with E-state index in [1.165, 1.54) is 0 Å². The fourth-order valence-corrected chi connectivity index (χ4v) is 4.44. The summed E-state index contributed by atoms with van der Waals surface area (Å²) >= 11 is 12.2. The lowest BCUT2D eigenvalue weighted by Gasteiger charge is -2.09. The third-order valence-electron chi connectivity index (χ3n) is 5.55. The SMILES string of the molecule is COc1ccc(Cn2c(C=O)cc3cccc(Cl)c32)cc1.O=CC1=Cc2cccc(Cl)c2C1. The van der Waals surface area contributed by atoms with E-state index >= 15 is 0 Å². The zero-order valence-electron chi connectivity index (χ0n) is 17.9. The highest BCUT2D eigenvalue weighted by Crippen LogP contribution is 2.30. The fraction of sp³-hybridized carbons (Fsp3) is 0.111. The minimum atomic E-state index is 0.589. The molecule has 0 spiro atoms. The number of methoxy groups -OCH3 is 1. The minimum absolute atomic E-state index is 0.589. The van der Waals surface area contributed by atoms with Gasteiger partial charge in [-0.05, 0) is 58.7 Å². The molecule has 0 amide bonds.